The van der Waals surface area contributed by atoms with E-state index in [2.05, 4.69) is 36.2 Å². The lowest BCUT2D eigenvalue weighted by atomic mass is 9.68. The van der Waals surface area contributed by atoms with E-state index in [1.807, 2.05) is 12.1 Å². The number of carbonyl (C=O) groups excluding carboxylic acids is 1. The molecule has 2 heterocycles. The lowest BCUT2D eigenvalue weighted by molar-refractivity contribution is -0.139. The van der Waals surface area contributed by atoms with Crippen molar-refractivity contribution in [2.75, 3.05) is 26.7 Å². The number of hydrogen-bond acceptors (Lipinski definition) is 3. The van der Waals surface area contributed by atoms with Gasteiger partial charge in [-0.05, 0) is 57.5 Å². The number of nitrogens with one attached hydrogen (secondary N) is 1. The van der Waals surface area contributed by atoms with Crippen molar-refractivity contribution in [3.63, 3.8) is 0 Å². The number of amides is 1. The number of ether oxygens (including phenoxy) is 1. The van der Waals surface area contributed by atoms with Crippen molar-refractivity contribution in [3.05, 3.63) is 29.8 Å². The molecule has 0 aromatic heterocycles. The van der Waals surface area contributed by atoms with Crippen LogP contribution < -0.4 is 10.1 Å². The van der Waals surface area contributed by atoms with Crippen LogP contribution in [0.1, 0.15) is 38.2 Å². The first-order valence-electron chi connectivity index (χ1n) is 8.24. The second kappa shape index (κ2) is 5.92. The molecule has 1 N–H and O–H groups in total. The van der Waals surface area contributed by atoms with Crippen LogP contribution in [0.3, 0.4) is 0 Å². The highest BCUT2D eigenvalue weighted by Gasteiger charge is 2.54. The van der Waals surface area contributed by atoms with Crippen molar-refractivity contribution in [1.29, 1.82) is 0 Å². The molecule has 2 fully saturated rings. The molecule has 0 radical (unpaired) electrons. The minimum atomic E-state index is -0.218. The Kier molecular flexibility index (Phi) is 4.13. The Labute approximate surface area is 132 Å². The molecule has 120 valence electrons. The Morgan fingerprint density at radius 2 is 1.86 bits per heavy atom. The van der Waals surface area contributed by atoms with Crippen molar-refractivity contribution < 1.29 is 9.53 Å². The molecule has 3 rings (SSSR count). The predicted octanol–water partition coefficient (Wildman–Crippen LogP) is 2.40. The van der Waals surface area contributed by atoms with Gasteiger partial charge < -0.3 is 15.0 Å². The van der Waals surface area contributed by atoms with Crippen LogP contribution in [-0.2, 0) is 4.79 Å². The van der Waals surface area contributed by atoms with Gasteiger partial charge in [0.15, 0.2) is 0 Å². The SMILES string of the molecule is COc1ccc(C2CN(C(C)C)C(=O)C23CCNCC3)cc1. The Bertz CT molecular complexity index is 533. The number of nitrogens with zero attached hydrogens (tertiary/aromatic N) is 1. The van der Waals surface area contributed by atoms with E-state index in [0.29, 0.717) is 5.91 Å². The fourth-order valence-electron chi connectivity index (χ4n) is 4.03. The summed E-state index contributed by atoms with van der Waals surface area (Å²) in [5, 5.41) is 3.40. The van der Waals surface area contributed by atoms with E-state index in [-0.39, 0.29) is 17.4 Å². The van der Waals surface area contributed by atoms with Crippen LogP contribution in [0.4, 0.5) is 0 Å². The zero-order chi connectivity index (χ0) is 15.7. The molecule has 0 saturated carbocycles. The van der Waals surface area contributed by atoms with Crippen molar-refractivity contribution >= 4 is 5.91 Å². The highest BCUT2D eigenvalue weighted by atomic mass is 16.5. The summed E-state index contributed by atoms with van der Waals surface area (Å²) in [5.41, 5.74) is 1.05. The minimum absolute atomic E-state index is 0.218. The summed E-state index contributed by atoms with van der Waals surface area (Å²) in [6, 6.07) is 8.54. The summed E-state index contributed by atoms with van der Waals surface area (Å²) in [6.45, 7) is 6.93. The predicted molar refractivity (Wildman–Crippen MR) is 87.1 cm³/mol. The Balaban J connectivity index is 1.97. The molecule has 1 spiro atoms. The molecule has 2 aliphatic rings. The Morgan fingerprint density at radius 1 is 1.23 bits per heavy atom. The summed E-state index contributed by atoms with van der Waals surface area (Å²) < 4.78 is 5.26. The highest BCUT2D eigenvalue weighted by molar-refractivity contribution is 5.87. The van der Waals surface area contributed by atoms with E-state index in [1.54, 1.807) is 7.11 Å². The van der Waals surface area contributed by atoms with Crippen LogP contribution in [0.15, 0.2) is 24.3 Å². The Hall–Kier alpha value is -1.55. The first-order chi connectivity index (χ1) is 10.6. The number of piperidine rings is 1. The number of likely N-dealkylation sites (tertiary alicyclic amines) is 1. The molecule has 1 unspecified atom stereocenters. The fourth-order valence-corrected chi connectivity index (χ4v) is 4.03. The molecule has 22 heavy (non-hydrogen) atoms. The van der Waals surface area contributed by atoms with Crippen molar-refractivity contribution in [1.82, 2.24) is 10.2 Å². The summed E-state index contributed by atoms with van der Waals surface area (Å²) in [5.74, 6) is 1.51. The zero-order valence-electron chi connectivity index (χ0n) is 13.8. The first kappa shape index (κ1) is 15.3. The minimum Gasteiger partial charge on any atom is -0.497 e. The van der Waals surface area contributed by atoms with Gasteiger partial charge in [-0.2, -0.15) is 0 Å². The van der Waals surface area contributed by atoms with E-state index in [9.17, 15) is 4.79 Å². The molecule has 2 saturated heterocycles. The van der Waals surface area contributed by atoms with Crippen LogP contribution >= 0.6 is 0 Å². The second-order valence-electron chi connectivity index (χ2n) is 6.78. The maximum atomic E-state index is 13.1. The van der Waals surface area contributed by atoms with Crippen molar-refractivity contribution in [2.24, 2.45) is 5.41 Å². The average Bonchev–Trinajstić information content (AvgIpc) is 2.82. The van der Waals surface area contributed by atoms with E-state index in [1.165, 1.54) is 5.56 Å². The van der Waals surface area contributed by atoms with E-state index < -0.39 is 0 Å². The van der Waals surface area contributed by atoms with Gasteiger partial charge in [0.2, 0.25) is 5.91 Å². The topological polar surface area (TPSA) is 41.6 Å². The third kappa shape index (κ3) is 2.39. The van der Waals surface area contributed by atoms with Gasteiger partial charge in [0.05, 0.1) is 12.5 Å². The number of hydrogen-bond donors (Lipinski definition) is 1. The van der Waals surface area contributed by atoms with Gasteiger partial charge >= 0.3 is 0 Å². The van der Waals surface area contributed by atoms with Crippen LogP contribution in [0, 0.1) is 5.41 Å². The molecule has 1 aromatic rings. The molecule has 0 bridgehead atoms. The molecule has 1 atom stereocenters. The number of methoxy groups -OCH3 is 1. The van der Waals surface area contributed by atoms with Gasteiger partial charge in [-0.1, -0.05) is 12.1 Å². The Morgan fingerprint density at radius 3 is 2.41 bits per heavy atom. The number of carbonyl (C=O) groups is 1. The normalized spacial score (nSPS) is 24.3. The second-order valence-corrected chi connectivity index (χ2v) is 6.78. The van der Waals surface area contributed by atoms with Gasteiger partial charge in [0.25, 0.3) is 0 Å². The van der Waals surface area contributed by atoms with Gasteiger partial charge in [0, 0.05) is 18.5 Å². The first-order valence-corrected chi connectivity index (χ1v) is 8.24. The third-order valence-electron chi connectivity index (χ3n) is 5.37. The number of benzene rings is 1. The molecule has 1 aromatic carbocycles. The molecule has 0 aliphatic carbocycles. The zero-order valence-corrected chi connectivity index (χ0v) is 13.8. The molecular weight excluding hydrogens is 276 g/mol. The fraction of sp³-hybridized carbons (Fsp3) is 0.611. The van der Waals surface area contributed by atoms with Crippen molar-refractivity contribution in [2.45, 2.75) is 38.6 Å². The van der Waals surface area contributed by atoms with Gasteiger partial charge in [-0.15, -0.1) is 0 Å². The van der Waals surface area contributed by atoms with Crippen LogP contribution in [0.2, 0.25) is 0 Å². The van der Waals surface area contributed by atoms with Gasteiger partial charge in [-0.25, -0.2) is 0 Å². The summed E-state index contributed by atoms with van der Waals surface area (Å²) >= 11 is 0. The highest BCUT2D eigenvalue weighted by Crippen LogP contribution is 2.50. The molecule has 4 heteroatoms. The molecular formula is C18H26N2O2. The summed E-state index contributed by atoms with van der Waals surface area (Å²) in [4.78, 5) is 15.2. The molecule has 4 nitrogen and oxygen atoms in total. The quantitative estimate of drug-likeness (QED) is 0.932. The summed E-state index contributed by atoms with van der Waals surface area (Å²) in [7, 11) is 1.68. The largest absolute Gasteiger partial charge is 0.497 e. The van der Waals surface area contributed by atoms with Gasteiger partial charge in [0.1, 0.15) is 5.75 Å². The van der Waals surface area contributed by atoms with Crippen LogP contribution in [-0.4, -0.2) is 43.6 Å². The summed E-state index contributed by atoms with van der Waals surface area (Å²) in [6.07, 6.45) is 1.87. The monoisotopic (exact) mass is 302 g/mol. The number of rotatable bonds is 3. The van der Waals surface area contributed by atoms with E-state index in [4.69, 9.17) is 4.74 Å². The van der Waals surface area contributed by atoms with Crippen LogP contribution in [0.25, 0.3) is 0 Å². The van der Waals surface area contributed by atoms with Gasteiger partial charge in [-0.3, -0.25) is 4.79 Å². The molecule has 1 amide bonds. The smallest absolute Gasteiger partial charge is 0.229 e. The lowest BCUT2D eigenvalue weighted by Crippen LogP contribution is -2.45. The van der Waals surface area contributed by atoms with E-state index >= 15 is 0 Å². The molecule has 2 aliphatic heterocycles. The standard InChI is InChI=1S/C18H26N2O2/c1-13(2)20-12-16(14-4-6-15(22-3)7-5-14)18(17(20)21)8-10-19-11-9-18/h4-7,13,16,19H,8-12H2,1-3H3. The van der Waals surface area contributed by atoms with Crippen molar-refractivity contribution in [3.8, 4) is 5.75 Å². The lowest BCUT2D eigenvalue weighted by Gasteiger charge is -2.37. The maximum Gasteiger partial charge on any atom is 0.229 e. The van der Waals surface area contributed by atoms with E-state index in [0.717, 1.165) is 38.2 Å². The third-order valence-corrected chi connectivity index (χ3v) is 5.37. The van der Waals surface area contributed by atoms with Crippen LogP contribution in [0.5, 0.6) is 5.75 Å². The maximum absolute atomic E-state index is 13.1. The average molecular weight is 302 g/mol.